The van der Waals surface area contributed by atoms with E-state index in [1.54, 1.807) is 13.1 Å². The van der Waals surface area contributed by atoms with Crippen LogP contribution in [0.4, 0.5) is 10.1 Å². The molecule has 14 heavy (non-hydrogen) atoms. The molecule has 0 bridgehead atoms. The Hall–Kier alpha value is -0.820. The molecule has 0 unspecified atom stereocenters. The smallest absolute Gasteiger partial charge is 0.184 e. The molecule has 0 fully saturated rings. The molecule has 0 aliphatic carbocycles. The molecule has 1 aromatic heterocycles. The summed E-state index contributed by atoms with van der Waals surface area (Å²) in [6, 6.07) is 0. The summed E-state index contributed by atoms with van der Waals surface area (Å²) in [7, 11) is -2.90. The minimum Gasteiger partial charge on any atom is -0.389 e. The van der Waals surface area contributed by atoms with Crippen LogP contribution in [0.3, 0.4) is 0 Å². The van der Waals surface area contributed by atoms with Gasteiger partial charge in [-0.25, -0.2) is 13.4 Å². The highest BCUT2D eigenvalue weighted by Crippen LogP contribution is 2.18. The average molecular weight is 235 g/mol. The zero-order valence-corrected chi connectivity index (χ0v) is 9.49. The number of nitrogen functional groups attached to an aromatic ring is 1. The second kappa shape index (κ2) is 4.61. The molecule has 0 spiro atoms. The lowest BCUT2D eigenvalue weighted by Crippen LogP contribution is -2.16. The molecule has 3 N–H and O–H groups in total. The van der Waals surface area contributed by atoms with Crippen molar-refractivity contribution in [2.45, 2.75) is 6.92 Å². The maximum atomic E-state index is 11.1. The van der Waals surface area contributed by atoms with E-state index < -0.39 is 9.84 Å². The van der Waals surface area contributed by atoms with E-state index in [-0.39, 0.29) is 11.5 Å². The summed E-state index contributed by atoms with van der Waals surface area (Å²) in [5.74, 6) is 0.303. The van der Waals surface area contributed by atoms with E-state index in [1.807, 2.05) is 0 Å². The molecule has 0 aliphatic heterocycles. The molecule has 0 amide bonds. The van der Waals surface area contributed by atoms with E-state index in [0.717, 1.165) is 0 Å². The van der Waals surface area contributed by atoms with Gasteiger partial charge in [-0.1, -0.05) is 18.3 Å². The Labute approximate surface area is 87.3 Å². The van der Waals surface area contributed by atoms with Gasteiger partial charge < -0.3 is 11.1 Å². The third-order valence-electron chi connectivity index (χ3n) is 1.65. The number of rotatable bonds is 5. The minimum absolute atomic E-state index is 0.128. The normalized spacial score (nSPS) is 11.5. The fourth-order valence-corrected chi connectivity index (χ4v) is 2.14. The Bertz CT molecular complexity index is 385. The molecule has 0 aliphatic rings. The van der Waals surface area contributed by atoms with Crippen molar-refractivity contribution in [3.05, 3.63) is 6.20 Å². The Morgan fingerprint density at radius 2 is 2.36 bits per heavy atom. The number of thiazole rings is 1. The van der Waals surface area contributed by atoms with Crippen molar-refractivity contribution in [3.8, 4) is 0 Å². The summed E-state index contributed by atoms with van der Waals surface area (Å²) in [4.78, 5) is 3.95. The van der Waals surface area contributed by atoms with Gasteiger partial charge in [0.15, 0.2) is 15.0 Å². The summed E-state index contributed by atoms with van der Waals surface area (Å²) < 4.78 is 22.2. The van der Waals surface area contributed by atoms with Crippen molar-refractivity contribution in [3.63, 3.8) is 0 Å². The highest BCUT2D eigenvalue weighted by atomic mass is 32.2. The zero-order chi connectivity index (χ0) is 10.6. The van der Waals surface area contributed by atoms with Gasteiger partial charge in [-0.3, -0.25) is 0 Å². The van der Waals surface area contributed by atoms with Crippen LogP contribution >= 0.6 is 11.3 Å². The van der Waals surface area contributed by atoms with Crippen molar-refractivity contribution < 1.29 is 8.42 Å². The molecule has 0 aromatic carbocycles. The molecule has 0 saturated carbocycles. The van der Waals surface area contributed by atoms with Gasteiger partial charge in [0.1, 0.15) is 5.00 Å². The first kappa shape index (κ1) is 11.3. The lowest BCUT2D eigenvalue weighted by atomic mass is 10.7. The second-order valence-electron chi connectivity index (χ2n) is 2.73. The molecule has 1 aromatic rings. The minimum atomic E-state index is -2.90. The number of nitrogens with two attached hydrogens (primary N) is 1. The van der Waals surface area contributed by atoms with E-state index in [4.69, 9.17) is 5.73 Å². The average Bonchev–Trinajstić information content (AvgIpc) is 2.51. The van der Waals surface area contributed by atoms with Crippen LogP contribution in [-0.4, -0.2) is 31.5 Å². The van der Waals surface area contributed by atoms with Crippen LogP contribution in [-0.2, 0) is 9.84 Å². The first-order valence-corrected chi connectivity index (χ1v) is 6.83. The van der Waals surface area contributed by atoms with Crippen molar-refractivity contribution in [2.75, 3.05) is 29.1 Å². The number of nitrogens with zero attached hydrogens (tertiary/aromatic N) is 1. The molecular weight excluding hydrogens is 222 g/mol. The summed E-state index contributed by atoms with van der Waals surface area (Å²) in [5.41, 5.74) is 5.46. The third kappa shape index (κ3) is 3.51. The van der Waals surface area contributed by atoms with Crippen LogP contribution in [0.25, 0.3) is 0 Å². The number of nitrogens with one attached hydrogen (secondary N) is 1. The summed E-state index contributed by atoms with van der Waals surface area (Å²) in [5, 5.41) is 4.18. The first-order valence-electron chi connectivity index (χ1n) is 4.19. The van der Waals surface area contributed by atoms with Gasteiger partial charge in [0, 0.05) is 12.3 Å². The van der Waals surface area contributed by atoms with Crippen LogP contribution < -0.4 is 11.1 Å². The standard InChI is InChI=1S/C7H13N3O2S2/c1-2-14(11,12)4-3-9-7-10-5-6(8)13-7/h5H,2-4,8H2,1H3,(H,9,10). The molecule has 0 atom stereocenters. The number of anilines is 2. The maximum Gasteiger partial charge on any atom is 0.184 e. The SMILES string of the molecule is CCS(=O)(=O)CCNc1ncc(N)s1. The molecule has 0 saturated heterocycles. The lowest BCUT2D eigenvalue weighted by molar-refractivity contribution is 0.597. The number of sulfone groups is 1. The summed E-state index contributed by atoms with van der Waals surface area (Å²) in [6.45, 7) is 2.01. The van der Waals surface area contributed by atoms with Gasteiger partial charge >= 0.3 is 0 Å². The van der Waals surface area contributed by atoms with E-state index >= 15 is 0 Å². The van der Waals surface area contributed by atoms with Gasteiger partial charge in [-0.2, -0.15) is 0 Å². The number of hydrogen-bond donors (Lipinski definition) is 2. The second-order valence-corrected chi connectivity index (χ2v) is 6.27. The summed E-state index contributed by atoms with van der Waals surface area (Å²) >= 11 is 1.31. The highest BCUT2D eigenvalue weighted by Gasteiger charge is 2.06. The molecule has 1 rings (SSSR count). The molecule has 0 radical (unpaired) electrons. The van der Waals surface area contributed by atoms with Crippen molar-refractivity contribution in [1.82, 2.24) is 4.98 Å². The molecule has 7 heteroatoms. The van der Waals surface area contributed by atoms with Crippen LogP contribution in [0.15, 0.2) is 6.20 Å². The van der Waals surface area contributed by atoms with E-state index in [0.29, 0.717) is 16.7 Å². The van der Waals surface area contributed by atoms with Gasteiger partial charge in [0.25, 0.3) is 0 Å². The summed E-state index contributed by atoms with van der Waals surface area (Å²) in [6.07, 6.45) is 1.54. The predicted octanol–water partition coefficient (Wildman–Crippen LogP) is 0.572. The molecular formula is C7H13N3O2S2. The van der Waals surface area contributed by atoms with Crippen molar-refractivity contribution >= 4 is 31.3 Å². The number of hydrogen-bond acceptors (Lipinski definition) is 6. The van der Waals surface area contributed by atoms with Gasteiger partial charge in [-0.15, -0.1) is 0 Å². The van der Waals surface area contributed by atoms with Crippen LogP contribution in [0.2, 0.25) is 0 Å². The Balaban J connectivity index is 2.36. The Kier molecular flexibility index (Phi) is 3.70. The van der Waals surface area contributed by atoms with E-state index in [9.17, 15) is 8.42 Å². The fourth-order valence-electron chi connectivity index (χ4n) is 0.826. The van der Waals surface area contributed by atoms with Crippen LogP contribution in [0.1, 0.15) is 6.92 Å². The third-order valence-corrected chi connectivity index (χ3v) is 4.14. The fraction of sp³-hybridized carbons (Fsp3) is 0.571. The van der Waals surface area contributed by atoms with Crippen LogP contribution in [0, 0.1) is 0 Å². The Morgan fingerprint density at radius 1 is 1.64 bits per heavy atom. The lowest BCUT2D eigenvalue weighted by Gasteiger charge is -2.01. The molecule has 1 heterocycles. The van der Waals surface area contributed by atoms with Crippen LogP contribution in [0.5, 0.6) is 0 Å². The monoisotopic (exact) mass is 235 g/mol. The van der Waals surface area contributed by atoms with E-state index in [2.05, 4.69) is 10.3 Å². The topological polar surface area (TPSA) is 85.1 Å². The number of aromatic nitrogens is 1. The van der Waals surface area contributed by atoms with Gasteiger partial charge in [-0.05, 0) is 0 Å². The largest absolute Gasteiger partial charge is 0.389 e. The molecule has 5 nitrogen and oxygen atoms in total. The van der Waals surface area contributed by atoms with Gasteiger partial charge in [0.2, 0.25) is 0 Å². The first-order chi connectivity index (χ1) is 6.53. The van der Waals surface area contributed by atoms with Crippen molar-refractivity contribution in [2.24, 2.45) is 0 Å². The quantitative estimate of drug-likeness (QED) is 0.779. The highest BCUT2D eigenvalue weighted by molar-refractivity contribution is 7.91. The van der Waals surface area contributed by atoms with Gasteiger partial charge in [0.05, 0.1) is 11.9 Å². The molecule has 80 valence electrons. The van der Waals surface area contributed by atoms with Crippen molar-refractivity contribution in [1.29, 1.82) is 0 Å². The zero-order valence-electron chi connectivity index (χ0n) is 7.86. The Morgan fingerprint density at radius 3 is 2.86 bits per heavy atom. The predicted molar refractivity (Wildman–Crippen MR) is 59.3 cm³/mol. The van der Waals surface area contributed by atoms with E-state index in [1.165, 1.54) is 11.3 Å². The maximum absolute atomic E-state index is 11.1.